The Bertz CT molecular complexity index is 986. The second kappa shape index (κ2) is 56.2. The summed E-state index contributed by atoms with van der Waals surface area (Å²) in [6, 6.07) is -0.547. The van der Waals surface area contributed by atoms with Crippen molar-refractivity contribution in [3.8, 4) is 0 Å². The molecule has 0 aromatic carbocycles. The van der Waals surface area contributed by atoms with Gasteiger partial charge in [-0.2, -0.15) is 0 Å². The monoisotopic (exact) mass is 932 g/mol. The van der Waals surface area contributed by atoms with E-state index in [9.17, 15) is 19.8 Å². The number of hydrogen-bond acceptors (Lipinski definition) is 5. The molecule has 6 nitrogen and oxygen atoms in total. The molecule has 392 valence electrons. The molecular formula is C60H117NO5. The van der Waals surface area contributed by atoms with Crippen LogP contribution >= 0.6 is 0 Å². The van der Waals surface area contributed by atoms with E-state index in [4.69, 9.17) is 4.74 Å². The first kappa shape index (κ1) is 64.6. The summed E-state index contributed by atoms with van der Waals surface area (Å²) in [6.45, 7) is 4.95. The molecule has 0 spiro atoms. The number of esters is 1. The summed E-state index contributed by atoms with van der Waals surface area (Å²) in [5.74, 6) is -0.0437. The highest BCUT2D eigenvalue weighted by molar-refractivity contribution is 5.76. The molecule has 2 atom stereocenters. The Labute approximate surface area is 412 Å². The van der Waals surface area contributed by atoms with Gasteiger partial charge >= 0.3 is 5.97 Å². The highest BCUT2D eigenvalue weighted by Gasteiger charge is 2.20. The van der Waals surface area contributed by atoms with Crippen LogP contribution in [-0.2, 0) is 14.3 Å². The van der Waals surface area contributed by atoms with Crippen LogP contribution in [-0.4, -0.2) is 47.4 Å². The second-order valence-corrected chi connectivity index (χ2v) is 20.7. The van der Waals surface area contributed by atoms with Crippen molar-refractivity contribution >= 4 is 11.9 Å². The van der Waals surface area contributed by atoms with E-state index in [0.717, 1.165) is 44.9 Å². The lowest BCUT2D eigenvalue weighted by Crippen LogP contribution is -2.45. The van der Waals surface area contributed by atoms with Crippen molar-refractivity contribution in [2.45, 2.75) is 347 Å². The first-order valence-electron chi connectivity index (χ1n) is 29.9. The summed E-state index contributed by atoms with van der Waals surface area (Å²) in [6.07, 6.45) is 66.3. The van der Waals surface area contributed by atoms with E-state index in [1.165, 1.54) is 257 Å². The molecule has 1 amide bonds. The van der Waals surface area contributed by atoms with Crippen molar-refractivity contribution in [2.24, 2.45) is 0 Å². The fourth-order valence-corrected chi connectivity index (χ4v) is 9.46. The summed E-state index contributed by atoms with van der Waals surface area (Å²) in [4.78, 5) is 24.5. The van der Waals surface area contributed by atoms with Crippen molar-refractivity contribution in [3.05, 3.63) is 12.2 Å². The van der Waals surface area contributed by atoms with Gasteiger partial charge in [0.2, 0.25) is 5.91 Å². The maximum absolute atomic E-state index is 12.5. The van der Waals surface area contributed by atoms with Gasteiger partial charge in [0.15, 0.2) is 0 Å². The molecule has 0 aliphatic carbocycles. The van der Waals surface area contributed by atoms with Crippen molar-refractivity contribution in [3.63, 3.8) is 0 Å². The average molecular weight is 933 g/mol. The number of allylic oxidation sites excluding steroid dienone is 2. The van der Waals surface area contributed by atoms with Gasteiger partial charge in [0, 0.05) is 12.8 Å². The fourth-order valence-electron chi connectivity index (χ4n) is 9.46. The third-order valence-electron chi connectivity index (χ3n) is 14.1. The Kier molecular flexibility index (Phi) is 55.0. The lowest BCUT2D eigenvalue weighted by Gasteiger charge is -2.22. The van der Waals surface area contributed by atoms with Crippen LogP contribution in [0.5, 0.6) is 0 Å². The van der Waals surface area contributed by atoms with Gasteiger partial charge in [-0.05, 0) is 51.4 Å². The number of hydrogen-bond donors (Lipinski definition) is 3. The van der Waals surface area contributed by atoms with E-state index in [1.807, 2.05) is 0 Å². The van der Waals surface area contributed by atoms with E-state index in [-0.39, 0.29) is 18.5 Å². The highest BCUT2D eigenvalue weighted by atomic mass is 16.5. The summed E-state index contributed by atoms with van der Waals surface area (Å²) >= 11 is 0. The number of rotatable bonds is 56. The third-order valence-corrected chi connectivity index (χ3v) is 14.1. The van der Waals surface area contributed by atoms with E-state index < -0.39 is 12.1 Å². The lowest BCUT2D eigenvalue weighted by molar-refractivity contribution is -0.143. The predicted octanol–water partition coefficient (Wildman–Crippen LogP) is 18.5. The second-order valence-electron chi connectivity index (χ2n) is 20.7. The van der Waals surface area contributed by atoms with Crippen LogP contribution in [0.25, 0.3) is 0 Å². The third kappa shape index (κ3) is 52.0. The van der Waals surface area contributed by atoms with Gasteiger partial charge in [0.05, 0.1) is 25.4 Å². The minimum atomic E-state index is -0.669. The molecule has 0 saturated heterocycles. The lowest BCUT2D eigenvalue weighted by atomic mass is 10.0. The van der Waals surface area contributed by atoms with Crippen molar-refractivity contribution < 1.29 is 24.5 Å². The SMILES string of the molecule is CCCCCC/C=C\CCCCCCCC(=O)OCCCCCCCCCCCCCCCCCCC(=O)NC(CO)C(O)CCCCCCCCCCCCCCCCCCCCCC. The van der Waals surface area contributed by atoms with E-state index >= 15 is 0 Å². The summed E-state index contributed by atoms with van der Waals surface area (Å²) in [5, 5.41) is 23.3. The van der Waals surface area contributed by atoms with Gasteiger partial charge in [-0.25, -0.2) is 0 Å². The zero-order chi connectivity index (χ0) is 47.9. The zero-order valence-corrected chi connectivity index (χ0v) is 44.7. The van der Waals surface area contributed by atoms with Crippen LogP contribution < -0.4 is 5.32 Å². The number of amides is 1. The molecule has 0 bridgehead atoms. The number of carbonyl (C=O) groups is 2. The van der Waals surface area contributed by atoms with Gasteiger partial charge < -0.3 is 20.3 Å². The summed E-state index contributed by atoms with van der Waals surface area (Å²) in [7, 11) is 0. The number of aliphatic hydroxyl groups is 2. The minimum Gasteiger partial charge on any atom is -0.466 e. The summed E-state index contributed by atoms with van der Waals surface area (Å²) in [5.41, 5.74) is 0. The molecule has 0 heterocycles. The number of nitrogens with one attached hydrogen (secondary N) is 1. The van der Waals surface area contributed by atoms with Crippen LogP contribution in [0, 0.1) is 0 Å². The fraction of sp³-hybridized carbons (Fsp3) is 0.933. The Hall–Kier alpha value is -1.40. The topological polar surface area (TPSA) is 95.9 Å². The van der Waals surface area contributed by atoms with E-state index in [1.54, 1.807) is 0 Å². The highest BCUT2D eigenvalue weighted by Crippen LogP contribution is 2.18. The molecule has 0 aromatic heterocycles. The molecule has 0 radical (unpaired) electrons. The molecule has 0 aliphatic rings. The summed E-state index contributed by atoms with van der Waals surface area (Å²) < 4.78 is 5.47. The van der Waals surface area contributed by atoms with Crippen molar-refractivity contribution in [1.29, 1.82) is 0 Å². The van der Waals surface area contributed by atoms with Crippen LogP contribution in [0.15, 0.2) is 12.2 Å². The molecule has 0 fully saturated rings. The molecule has 0 rings (SSSR count). The first-order chi connectivity index (χ1) is 32.5. The first-order valence-corrected chi connectivity index (χ1v) is 29.9. The molecular weight excluding hydrogens is 815 g/mol. The minimum absolute atomic E-state index is 0.00517. The van der Waals surface area contributed by atoms with E-state index in [2.05, 4.69) is 31.3 Å². The van der Waals surface area contributed by atoms with Crippen LogP contribution in [0.2, 0.25) is 0 Å². The Morgan fingerprint density at radius 1 is 0.409 bits per heavy atom. The smallest absolute Gasteiger partial charge is 0.305 e. The number of unbranched alkanes of at least 4 members (excludes halogenated alkanes) is 43. The molecule has 3 N–H and O–H groups in total. The molecule has 2 unspecified atom stereocenters. The molecule has 0 aromatic rings. The van der Waals surface area contributed by atoms with E-state index in [0.29, 0.717) is 25.9 Å². The standard InChI is InChI=1S/C60H117NO5/c1-3-5-7-9-11-13-15-17-18-19-20-21-22-25-29-32-36-40-44-48-52-58(63)57(56-62)61-59(64)53-49-45-41-37-33-30-26-23-24-27-31-35-39-43-47-51-55-66-60(65)54-50-46-42-38-34-28-16-14-12-10-8-6-4-2/h14,16,57-58,62-63H,3-13,15,17-56H2,1-2H3,(H,61,64)/b16-14-. The Morgan fingerprint density at radius 2 is 0.712 bits per heavy atom. The van der Waals surface area contributed by atoms with Crippen LogP contribution in [0.4, 0.5) is 0 Å². The number of carbonyl (C=O) groups excluding carboxylic acids is 2. The molecule has 66 heavy (non-hydrogen) atoms. The van der Waals surface area contributed by atoms with Crippen molar-refractivity contribution in [1.82, 2.24) is 5.32 Å². The molecule has 0 saturated carbocycles. The Balaban J connectivity index is 3.42. The van der Waals surface area contributed by atoms with Gasteiger partial charge in [-0.1, -0.05) is 283 Å². The largest absolute Gasteiger partial charge is 0.466 e. The van der Waals surface area contributed by atoms with Gasteiger partial charge in [-0.15, -0.1) is 0 Å². The predicted molar refractivity (Wildman–Crippen MR) is 287 cm³/mol. The number of aliphatic hydroxyl groups excluding tert-OH is 2. The quantitative estimate of drug-likeness (QED) is 0.0321. The molecule has 0 aliphatic heterocycles. The van der Waals surface area contributed by atoms with Gasteiger partial charge in [0.1, 0.15) is 0 Å². The maximum Gasteiger partial charge on any atom is 0.305 e. The van der Waals surface area contributed by atoms with Crippen LogP contribution in [0.1, 0.15) is 335 Å². The average Bonchev–Trinajstić information content (AvgIpc) is 3.32. The molecule has 6 heteroatoms. The van der Waals surface area contributed by atoms with Crippen molar-refractivity contribution in [2.75, 3.05) is 13.2 Å². The number of ether oxygens (including phenoxy) is 1. The van der Waals surface area contributed by atoms with Gasteiger partial charge in [-0.3, -0.25) is 9.59 Å². The van der Waals surface area contributed by atoms with Crippen LogP contribution in [0.3, 0.4) is 0 Å². The normalized spacial score (nSPS) is 12.6. The maximum atomic E-state index is 12.5. The Morgan fingerprint density at radius 3 is 1.09 bits per heavy atom. The van der Waals surface area contributed by atoms with Gasteiger partial charge in [0.25, 0.3) is 0 Å². The zero-order valence-electron chi connectivity index (χ0n) is 44.7.